The molecule has 1 N–H and O–H groups in total. The predicted molar refractivity (Wildman–Crippen MR) is 112 cm³/mol. The highest BCUT2D eigenvalue weighted by Gasteiger charge is 2.07. The van der Waals surface area contributed by atoms with Crippen molar-refractivity contribution < 1.29 is 13.9 Å². The van der Waals surface area contributed by atoms with Crippen LogP contribution >= 0.6 is 34.8 Å². The molecule has 5 nitrogen and oxygen atoms in total. The van der Waals surface area contributed by atoms with Gasteiger partial charge in [-0.25, -0.2) is 5.43 Å². The summed E-state index contributed by atoms with van der Waals surface area (Å²) in [6, 6.07) is 13.9. The lowest BCUT2D eigenvalue weighted by atomic mass is 10.1. The normalized spacial score (nSPS) is 11.0. The van der Waals surface area contributed by atoms with Crippen molar-refractivity contribution in [3.8, 4) is 17.1 Å². The first-order chi connectivity index (χ1) is 13.4. The minimum Gasteiger partial charge on any atom is -0.482 e. The van der Waals surface area contributed by atoms with Gasteiger partial charge < -0.3 is 9.15 Å². The number of halogens is 3. The van der Waals surface area contributed by atoms with Crippen molar-refractivity contribution in [3.63, 3.8) is 0 Å². The van der Waals surface area contributed by atoms with E-state index in [0.29, 0.717) is 32.3 Å². The summed E-state index contributed by atoms with van der Waals surface area (Å²) in [5, 5.41) is 5.32. The molecule has 1 aromatic heterocycles. The van der Waals surface area contributed by atoms with Gasteiger partial charge in [-0.15, -0.1) is 0 Å². The van der Waals surface area contributed by atoms with Crippen LogP contribution in [0.1, 0.15) is 11.3 Å². The van der Waals surface area contributed by atoms with E-state index in [2.05, 4.69) is 10.5 Å². The van der Waals surface area contributed by atoms with E-state index in [0.717, 1.165) is 11.1 Å². The smallest absolute Gasteiger partial charge is 0.277 e. The Balaban J connectivity index is 1.53. The second-order valence-electron chi connectivity index (χ2n) is 5.82. The van der Waals surface area contributed by atoms with Crippen molar-refractivity contribution in [1.82, 2.24) is 5.43 Å². The number of furan rings is 1. The van der Waals surface area contributed by atoms with Crippen molar-refractivity contribution in [3.05, 3.63) is 74.9 Å². The maximum absolute atomic E-state index is 11.8. The molecule has 0 radical (unpaired) electrons. The Labute approximate surface area is 176 Å². The van der Waals surface area contributed by atoms with Crippen LogP contribution < -0.4 is 10.2 Å². The van der Waals surface area contributed by atoms with Crippen LogP contribution in [0.4, 0.5) is 0 Å². The number of hydrogen-bond donors (Lipinski definition) is 1. The zero-order chi connectivity index (χ0) is 20.1. The SMILES string of the molecule is Cc1ccc(-c2ccc(C=NNC(=O)COc3ccc(Cl)cc3Cl)o2)cc1Cl. The lowest BCUT2D eigenvalue weighted by Crippen LogP contribution is -2.24. The molecular weight excluding hydrogens is 423 g/mol. The van der Waals surface area contributed by atoms with Crippen LogP contribution in [0, 0.1) is 6.92 Å². The number of aryl methyl sites for hydroxylation is 1. The van der Waals surface area contributed by atoms with Crippen molar-refractivity contribution in [2.24, 2.45) is 5.10 Å². The van der Waals surface area contributed by atoms with Crippen LogP contribution in [-0.2, 0) is 4.79 Å². The molecule has 8 heteroatoms. The number of hydrogen-bond acceptors (Lipinski definition) is 4. The minimum atomic E-state index is -0.445. The lowest BCUT2D eigenvalue weighted by molar-refractivity contribution is -0.123. The molecule has 0 bridgehead atoms. The number of nitrogens with one attached hydrogen (secondary N) is 1. The van der Waals surface area contributed by atoms with E-state index >= 15 is 0 Å². The summed E-state index contributed by atoms with van der Waals surface area (Å²) in [5.41, 5.74) is 4.20. The summed E-state index contributed by atoms with van der Waals surface area (Å²) in [6.07, 6.45) is 1.40. The number of rotatable bonds is 6. The highest BCUT2D eigenvalue weighted by atomic mass is 35.5. The first-order valence-corrected chi connectivity index (χ1v) is 9.32. The van der Waals surface area contributed by atoms with E-state index in [1.807, 2.05) is 25.1 Å². The molecule has 0 saturated heterocycles. The van der Waals surface area contributed by atoms with Crippen LogP contribution in [0.15, 0.2) is 58.0 Å². The average Bonchev–Trinajstić information content (AvgIpc) is 3.12. The van der Waals surface area contributed by atoms with E-state index in [9.17, 15) is 4.79 Å². The molecule has 2 aromatic carbocycles. The molecule has 0 aliphatic rings. The number of benzene rings is 2. The van der Waals surface area contributed by atoms with Gasteiger partial charge in [-0.05, 0) is 48.9 Å². The van der Waals surface area contributed by atoms with Gasteiger partial charge in [0, 0.05) is 15.6 Å². The zero-order valence-corrected chi connectivity index (χ0v) is 17.0. The number of amides is 1. The van der Waals surface area contributed by atoms with E-state index < -0.39 is 5.91 Å². The van der Waals surface area contributed by atoms with Crippen LogP contribution in [-0.4, -0.2) is 18.7 Å². The first-order valence-electron chi connectivity index (χ1n) is 8.18. The molecule has 144 valence electrons. The molecule has 28 heavy (non-hydrogen) atoms. The molecule has 0 aliphatic carbocycles. The molecule has 3 rings (SSSR count). The first kappa shape index (κ1) is 20.3. The van der Waals surface area contributed by atoms with Crippen molar-refractivity contribution in [2.75, 3.05) is 6.61 Å². The Morgan fingerprint density at radius 1 is 1.11 bits per heavy atom. The van der Waals surface area contributed by atoms with E-state index in [1.165, 1.54) is 12.3 Å². The van der Waals surface area contributed by atoms with Crippen molar-refractivity contribution in [2.45, 2.75) is 6.92 Å². The molecule has 3 aromatic rings. The van der Waals surface area contributed by atoms with Gasteiger partial charge in [0.2, 0.25) is 0 Å². The van der Waals surface area contributed by atoms with Gasteiger partial charge >= 0.3 is 0 Å². The maximum Gasteiger partial charge on any atom is 0.277 e. The van der Waals surface area contributed by atoms with Crippen LogP contribution in [0.25, 0.3) is 11.3 Å². The Bertz CT molecular complexity index is 1030. The van der Waals surface area contributed by atoms with E-state index in [1.54, 1.807) is 24.3 Å². The zero-order valence-electron chi connectivity index (χ0n) is 14.7. The summed E-state index contributed by atoms with van der Waals surface area (Å²) in [5.74, 6) is 1.04. The summed E-state index contributed by atoms with van der Waals surface area (Å²) in [4.78, 5) is 11.8. The highest BCUT2D eigenvalue weighted by Crippen LogP contribution is 2.28. The van der Waals surface area contributed by atoms with E-state index in [-0.39, 0.29) is 6.61 Å². The fourth-order valence-electron chi connectivity index (χ4n) is 2.26. The summed E-state index contributed by atoms with van der Waals surface area (Å²) in [6.45, 7) is 1.68. The average molecular weight is 438 g/mol. The van der Waals surface area contributed by atoms with E-state index in [4.69, 9.17) is 44.0 Å². The van der Waals surface area contributed by atoms with Crippen LogP contribution in [0.3, 0.4) is 0 Å². The maximum atomic E-state index is 11.8. The Hall–Kier alpha value is -2.47. The molecule has 0 aliphatic heterocycles. The number of ether oxygens (including phenoxy) is 1. The predicted octanol–water partition coefficient (Wildman–Crippen LogP) is 5.74. The number of carbonyl (C=O) groups excluding carboxylic acids is 1. The molecule has 1 amide bonds. The molecule has 0 unspecified atom stereocenters. The molecular formula is C20H15Cl3N2O3. The Morgan fingerprint density at radius 3 is 2.68 bits per heavy atom. The fourth-order valence-corrected chi connectivity index (χ4v) is 2.90. The lowest BCUT2D eigenvalue weighted by Gasteiger charge is -2.06. The number of hydrazone groups is 1. The topological polar surface area (TPSA) is 63.8 Å². The molecule has 1 heterocycles. The second-order valence-corrected chi connectivity index (χ2v) is 7.07. The third-order valence-electron chi connectivity index (χ3n) is 3.72. The van der Waals surface area contributed by atoms with Gasteiger partial charge in [0.1, 0.15) is 17.3 Å². The fraction of sp³-hybridized carbons (Fsp3) is 0.100. The minimum absolute atomic E-state index is 0.246. The molecule has 0 saturated carbocycles. The molecule has 0 spiro atoms. The third kappa shape index (κ3) is 5.29. The standard InChI is InChI=1S/C20H15Cl3N2O3/c1-12-2-3-13(8-16(12)22)18-7-5-15(28-18)10-24-25-20(26)11-27-19-6-4-14(21)9-17(19)23/h2-10H,11H2,1H3,(H,25,26). The molecule has 0 atom stereocenters. The summed E-state index contributed by atoms with van der Waals surface area (Å²) in [7, 11) is 0. The van der Waals surface area contributed by atoms with Gasteiger partial charge in [-0.3, -0.25) is 4.79 Å². The highest BCUT2D eigenvalue weighted by molar-refractivity contribution is 6.35. The van der Waals surface area contributed by atoms with Crippen molar-refractivity contribution >= 4 is 46.9 Å². The monoisotopic (exact) mass is 436 g/mol. The van der Waals surface area contributed by atoms with Gasteiger partial charge in [0.15, 0.2) is 6.61 Å². The van der Waals surface area contributed by atoms with Gasteiger partial charge in [0.05, 0.1) is 11.2 Å². The summed E-state index contributed by atoms with van der Waals surface area (Å²) < 4.78 is 11.0. The largest absolute Gasteiger partial charge is 0.482 e. The van der Waals surface area contributed by atoms with Crippen LogP contribution in [0.5, 0.6) is 5.75 Å². The van der Waals surface area contributed by atoms with Crippen LogP contribution in [0.2, 0.25) is 15.1 Å². The third-order valence-corrected chi connectivity index (χ3v) is 4.65. The Kier molecular flexibility index (Phi) is 6.62. The Morgan fingerprint density at radius 2 is 1.93 bits per heavy atom. The van der Waals surface area contributed by atoms with Gasteiger partial charge in [0.25, 0.3) is 5.91 Å². The second kappa shape index (κ2) is 9.15. The number of nitrogens with zero attached hydrogens (tertiary/aromatic N) is 1. The number of carbonyl (C=O) groups is 1. The van der Waals surface area contributed by atoms with Gasteiger partial charge in [-0.2, -0.15) is 5.10 Å². The molecule has 0 fully saturated rings. The summed E-state index contributed by atoms with van der Waals surface area (Å²) >= 11 is 17.9. The van der Waals surface area contributed by atoms with Gasteiger partial charge in [-0.1, -0.05) is 46.9 Å². The quantitative estimate of drug-likeness (QED) is 0.395. The van der Waals surface area contributed by atoms with Crippen molar-refractivity contribution in [1.29, 1.82) is 0 Å².